The van der Waals surface area contributed by atoms with Gasteiger partial charge in [-0.15, -0.1) is 0 Å². The van der Waals surface area contributed by atoms with Gasteiger partial charge in [0, 0.05) is 5.54 Å². The van der Waals surface area contributed by atoms with Crippen LogP contribution in [0.3, 0.4) is 0 Å². The minimum absolute atomic E-state index is 0.538. The molecule has 1 atom stereocenters. The van der Waals surface area contributed by atoms with Crippen LogP contribution in [-0.4, -0.2) is 12.1 Å². The summed E-state index contributed by atoms with van der Waals surface area (Å²) in [6, 6.07) is 0. The molecule has 0 aromatic heterocycles. The van der Waals surface area contributed by atoms with Gasteiger partial charge < -0.3 is 5.32 Å². The number of nitrogens with one attached hydrogen (secondary N) is 1. The van der Waals surface area contributed by atoms with Gasteiger partial charge in [-0.05, 0) is 38.1 Å². The quantitative estimate of drug-likeness (QED) is 0.741. The Morgan fingerprint density at radius 2 is 2.00 bits per heavy atom. The van der Waals surface area contributed by atoms with Crippen LogP contribution in [0.25, 0.3) is 0 Å². The van der Waals surface area contributed by atoms with Gasteiger partial charge >= 0.3 is 0 Å². The number of rotatable bonds is 4. The highest BCUT2D eigenvalue weighted by Crippen LogP contribution is 2.38. The van der Waals surface area contributed by atoms with E-state index in [-0.39, 0.29) is 0 Å². The van der Waals surface area contributed by atoms with Crippen LogP contribution in [0.4, 0.5) is 0 Å². The highest BCUT2D eigenvalue weighted by molar-refractivity contribution is 4.92. The molecule has 1 saturated heterocycles. The molecule has 2 fully saturated rings. The fourth-order valence-electron chi connectivity index (χ4n) is 3.42. The molecule has 1 aliphatic carbocycles. The first-order valence-corrected chi connectivity index (χ1v) is 7.10. The van der Waals surface area contributed by atoms with Crippen molar-refractivity contribution in [3.8, 4) is 0 Å². The topological polar surface area (TPSA) is 12.0 Å². The molecule has 15 heavy (non-hydrogen) atoms. The Hall–Kier alpha value is -0.0400. The summed E-state index contributed by atoms with van der Waals surface area (Å²) in [4.78, 5) is 0. The average molecular weight is 209 g/mol. The first-order chi connectivity index (χ1) is 7.35. The molecule has 88 valence electrons. The van der Waals surface area contributed by atoms with Crippen LogP contribution in [0, 0.1) is 5.92 Å². The van der Waals surface area contributed by atoms with E-state index in [0.29, 0.717) is 5.54 Å². The van der Waals surface area contributed by atoms with E-state index in [1.54, 1.807) is 0 Å². The largest absolute Gasteiger partial charge is 0.311 e. The summed E-state index contributed by atoms with van der Waals surface area (Å²) < 4.78 is 0. The van der Waals surface area contributed by atoms with Gasteiger partial charge in [0.25, 0.3) is 0 Å². The maximum atomic E-state index is 3.90. The maximum absolute atomic E-state index is 3.90. The van der Waals surface area contributed by atoms with Crippen molar-refractivity contribution in [2.45, 2.75) is 76.7 Å². The van der Waals surface area contributed by atoms with E-state index in [1.807, 2.05) is 0 Å². The lowest BCUT2D eigenvalue weighted by atomic mass is 9.73. The van der Waals surface area contributed by atoms with Gasteiger partial charge in [-0.1, -0.05) is 45.4 Å². The van der Waals surface area contributed by atoms with Crippen LogP contribution in [0.15, 0.2) is 0 Å². The fraction of sp³-hybridized carbons (Fsp3) is 1.00. The Bertz CT molecular complexity index is 176. The third kappa shape index (κ3) is 2.96. The van der Waals surface area contributed by atoms with Crippen molar-refractivity contribution in [1.82, 2.24) is 5.32 Å². The summed E-state index contributed by atoms with van der Waals surface area (Å²) >= 11 is 0. The molecule has 1 aliphatic heterocycles. The SMILES string of the molecule is CCCC1(CC2CCC2)CCCCCN1. The molecule has 1 nitrogen and oxygen atoms in total. The molecule has 0 bridgehead atoms. The van der Waals surface area contributed by atoms with Gasteiger partial charge in [0.15, 0.2) is 0 Å². The normalized spacial score (nSPS) is 33.4. The average Bonchev–Trinajstić information content (AvgIpc) is 2.39. The van der Waals surface area contributed by atoms with E-state index in [4.69, 9.17) is 0 Å². The second kappa shape index (κ2) is 5.34. The van der Waals surface area contributed by atoms with Gasteiger partial charge in [0.2, 0.25) is 0 Å². The minimum atomic E-state index is 0.538. The van der Waals surface area contributed by atoms with Crippen LogP contribution in [0.2, 0.25) is 0 Å². The molecule has 0 spiro atoms. The van der Waals surface area contributed by atoms with Crippen molar-refractivity contribution in [2.24, 2.45) is 5.92 Å². The fourth-order valence-corrected chi connectivity index (χ4v) is 3.42. The van der Waals surface area contributed by atoms with Gasteiger partial charge in [-0.2, -0.15) is 0 Å². The Balaban J connectivity index is 1.92. The van der Waals surface area contributed by atoms with E-state index in [0.717, 1.165) is 5.92 Å². The van der Waals surface area contributed by atoms with Crippen molar-refractivity contribution >= 4 is 0 Å². The molecule has 2 aliphatic rings. The lowest BCUT2D eigenvalue weighted by Crippen LogP contribution is -2.46. The van der Waals surface area contributed by atoms with E-state index >= 15 is 0 Å². The predicted octanol–water partition coefficient (Wildman–Crippen LogP) is 3.88. The summed E-state index contributed by atoms with van der Waals surface area (Å²) in [6.45, 7) is 3.61. The molecule has 1 heteroatoms. The summed E-state index contributed by atoms with van der Waals surface area (Å²) in [5, 5.41) is 3.90. The van der Waals surface area contributed by atoms with E-state index in [2.05, 4.69) is 12.2 Å². The van der Waals surface area contributed by atoms with Gasteiger partial charge in [0.05, 0.1) is 0 Å². The van der Waals surface area contributed by atoms with Gasteiger partial charge in [-0.25, -0.2) is 0 Å². The molecule has 1 saturated carbocycles. The number of hydrogen-bond donors (Lipinski definition) is 1. The lowest BCUT2D eigenvalue weighted by molar-refractivity contribution is 0.174. The summed E-state index contributed by atoms with van der Waals surface area (Å²) in [5.74, 6) is 1.06. The Morgan fingerprint density at radius 1 is 1.13 bits per heavy atom. The van der Waals surface area contributed by atoms with Crippen molar-refractivity contribution < 1.29 is 0 Å². The molecular formula is C14H27N. The first-order valence-electron chi connectivity index (χ1n) is 7.10. The molecular weight excluding hydrogens is 182 g/mol. The third-order valence-corrected chi connectivity index (χ3v) is 4.46. The second-order valence-electron chi connectivity index (χ2n) is 5.77. The zero-order valence-corrected chi connectivity index (χ0v) is 10.4. The van der Waals surface area contributed by atoms with E-state index in [1.165, 1.54) is 70.8 Å². The summed E-state index contributed by atoms with van der Waals surface area (Å²) in [7, 11) is 0. The van der Waals surface area contributed by atoms with Crippen LogP contribution in [0.5, 0.6) is 0 Å². The Kier molecular flexibility index (Phi) is 4.07. The van der Waals surface area contributed by atoms with Crippen molar-refractivity contribution in [3.05, 3.63) is 0 Å². The predicted molar refractivity (Wildman–Crippen MR) is 66.1 cm³/mol. The summed E-state index contributed by atoms with van der Waals surface area (Å²) in [6.07, 6.45) is 14.5. The van der Waals surface area contributed by atoms with Crippen LogP contribution < -0.4 is 5.32 Å². The molecule has 0 aromatic carbocycles. The molecule has 2 rings (SSSR count). The molecule has 1 heterocycles. The Labute approximate surface area is 95.0 Å². The smallest absolute Gasteiger partial charge is 0.0184 e. The van der Waals surface area contributed by atoms with Crippen molar-refractivity contribution in [2.75, 3.05) is 6.54 Å². The van der Waals surface area contributed by atoms with Crippen molar-refractivity contribution in [3.63, 3.8) is 0 Å². The summed E-state index contributed by atoms with van der Waals surface area (Å²) in [5.41, 5.74) is 0.538. The zero-order chi connectivity index (χ0) is 10.6. The standard InChI is InChI=1S/C14H27N/c1-2-9-14(12-13-7-6-8-13)10-4-3-5-11-15-14/h13,15H,2-12H2,1H3. The third-order valence-electron chi connectivity index (χ3n) is 4.46. The first kappa shape index (κ1) is 11.4. The highest BCUT2D eigenvalue weighted by Gasteiger charge is 2.34. The number of hydrogen-bond acceptors (Lipinski definition) is 1. The molecule has 0 radical (unpaired) electrons. The minimum Gasteiger partial charge on any atom is -0.311 e. The molecule has 0 amide bonds. The highest BCUT2D eigenvalue weighted by atomic mass is 15.0. The van der Waals surface area contributed by atoms with Crippen LogP contribution >= 0.6 is 0 Å². The molecule has 1 unspecified atom stereocenters. The van der Waals surface area contributed by atoms with Crippen LogP contribution in [-0.2, 0) is 0 Å². The Morgan fingerprint density at radius 3 is 2.67 bits per heavy atom. The molecule has 0 aromatic rings. The van der Waals surface area contributed by atoms with Crippen molar-refractivity contribution in [1.29, 1.82) is 0 Å². The maximum Gasteiger partial charge on any atom is 0.0184 e. The van der Waals surface area contributed by atoms with E-state index in [9.17, 15) is 0 Å². The molecule has 1 N–H and O–H groups in total. The van der Waals surface area contributed by atoms with Crippen LogP contribution in [0.1, 0.15) is 71.1 Å². The zero-order valence-electron chi connectivity index (χ0n) is 10.4. The van der Waals surface area contributed by atoms with E-state index < -0.39 is 0 Å². The monoisotopic (exact) mass is 209 g/mol. The lowest BCUT2D eigenvalue weighted by Gasteiger charge is -2.40. The second-order valence-corrected chi connectivity index (χ2v) is 5.77. The van der Waals surface area contributed by atoms with Gasteiger partial charge in [-0.3, -0.25) is 0 Å². The van der Waals surface area contributed by atoms with Gasteiger partial charge in [0.1, 0.15) is 0 Å².